The molecule has 0 spiro atoms. The Morgan fingerprint density at radius 2 is 1.33 bits per heavy atom. The fraction of sp³-hybridized carbons (Fsp3) is 0.462. The van der Waals surface area contributed by atoms with E-state index in [1.165, 1.54) is 34.9 Å². The summed E-state index contributed by atoms with van der Waals surface area (Å²) in [6.45, 7) is 0.230. The number of hydrogen-bond donors (Lipinski definition) is 9. The van der Waals surface area contributed by atoms with Crippen LogP contribution >= 0.6 is 21.6 Å². The Morgan fingerprint density at radius 3 is 1.97 bits per heavy atom. The van der Waals surface area contributed by atoms with Gasteiger partial charge < -0.3 is 53.4 Å². The Balaban J connectivity index is 1.71. The van der Waals surface area contributed by atoms with E-state index in [2.05, 4.69) is 31.9 Å². The number of hydrogen-bond acceptors (Lipinski definition) is 12. The van der Waals surface area contributed by atoms with E-state index < -0.39 is 102 Å². The number of rotatable bonds is 11. The first kappa shape index (κ1) is 46.9. The number of likely N-dealkylation sites (N-methyl/N-ethyl adjacent to an activating group) is 1. The molecule has 324 valence electrons. The van der Waals surface area contributed by atoms with Gasteiger partial charge in [-0.2, -0.15) is 0 Å². The molecule has 2 aliphatic rings. The maximum atomic E-state index is 14.1. The first-order chi connectivity index (χ1) is 28.6. The van der Waals surface area contributed by atoms with Crippen molar-refractivity contribution in [1.82, 2.24) is 36.8 Å². The molecule has 4 rings (SSSR count). The van der Waals surface area contributed by atoms with E-state index in [0.29, 0.717) is 24.0 Å². The van der Waals surface area contributed by atoms with E-state index in [0.717, 1.165) is 10.8 Å². The number of amides is 9. The molecule has 2 fully saturated rings. The second kappa shape index (κ2) is 23.1. The molecule has 2 saturated heterocycles. The van der Waals surface area contributed by atoms with Crippen molar-refractivity contribution in [2.45, 2.75) is 87.6 Å². The normalized spacial score (nSPS) is 23.8. The van der Waals surface area contributed by atoms with Crippen LogP contribution in [0, 0.1) is 0 Å². The maximum absolute atomic E-state index is 14.1. The van der Waals surface area contributed by atoms with Gasteiger partial charge in [-0.05, 0) is 42.5 Å². The fourth-order valence-electron chi connectivity index (χ4n) is 6.61. The molecule has 0 aromatic heterocycles. The highest BCUT2D eigenvalue weighted by atomic mass is 33.1. The van der Waals surface area contributed by atoms with E-state index >= 15 is 0 Å². The quantitative estimate of drug-likeness (QED) is 0.114. The molecule has 0 radical (unpaired) electrons. The van der Waals surface area contributed by atoms with Gasteiger partial charge in [0, 0.05) is 50.8 Å². The second-order valence-electron chi connectivity index (χ2n) is 14.3. The number of nitrogens with one attached hydrogen (secondary N) is 6. The molecular weight excluding hydrogens is 819 g/mol. The minimum absolute atomic E-state index is 0.0105. The van der Waals surface area contributed by atoms with Crippen LogP contribution in [0.3, 0.4) is 0 Å². The smallest absolute Gasteiger partial charge is 0.246 e. The van der Waals surface area contributed by atoms with Crippen LogP contribution in [0.1, 0.15) is 49.7 Å². The van der Waals surface area contributed by atoms with Gasteiger partial charge in [-0.25, -0.2) is 0 Å². The first-order valence-electron chi connectivity index (χ1n) is 19.3. The zero-order valence-electron chi connectivity index (χ0n) is 33.0. The van der Waals surface area contributed by atoms with Gasteiger partial charge in [-0.3, -0.25) is 43.2 Å². The highest BCUT2D eigenvalue weighted by Crippen LogP contribution is 2.26. The molecule has 11 N–H and O–H groups in total. The van der Waals surface area contributed by atoms with Crippen LogP contribution in [0.15, 0.2) is 54.6 Å². The molecule has 2 heterocycles. The van der Waals surface area contributed by atoms with Gasteiger partial charge in [0.15, 0.2) is 0 Å². The van der Waals surface area contributed by atoms with E-state index in [1.54, 1.807) is 42.5 Å². The summed E-state index contributed by atoms with van der Waals surface area (Å²) < 4.78 is 0. The summed E-state index contributed by atoms with van der Waals surface area (Å²) in [5, 5.41) is 25.4. The average Bonchev–Trinajstić information content (AvgIpc) is 3.71. The topological polar surface area (TPSA) is 301 Å². The highest BCUT2D eigenvalue weighted by molar-refractivity contribution is 8.76. The van der Waals surface area contributed by atoms with Crippen LogP contribution in [0.5, 0.6) is 5.75 Å². The summed E-state index contributed by atoms with van der Waals surface area (Å²) in [7, 11) is 3.79. The third-order valence-corrected chi connectivity index (χ3v) is 12.1. The summed E-state index contributed by atoms with van der Waals surface area (Å²) in [6, 6.07) is 6.83. The van der Waals surface area contributed by atoms with Crippen LogP contribution in [-0.2, 0) is 56.0 Å². The van der Waals surface area contributed by atoms with Gasteiger partial charge in [0.1, 0.15) is 42.0 Å². The lowest BCUT2D eigenvalue weighted by Crippen LogP contribution is -2.60. The Morgan fingerprint density at radius 1 is 0.750 bits per heavy atom. The molecule has 0 aliphatic carbocycles. The number of nitrogens with two attached hydrogens (primary N) is 2. The van der Waals surface area contributed by atoms with Crippen LogP contribution in [0.2, 0.25) is 0 Å². The molecule has 2 aliphatic heterocycles. The molecule has 6 atom stereocenters. The number of aromatic hydroxyl groups is 1. The van der Waals surface area contributed by atoms with Crippen LogP contribution in [0.4, 0.5) is 0 Å². The minimum Gasteiger partial charge on any atom is -0.508 e. The average molecular weight is 870 g/mol. The van der Waals surface area contributed by atoms with Crippen LogP contribution in [0.25, 0.3) is 0 Å². The predicted molar refractivity (Wildman–Crippen MR) is 222 cm³/mol. The van der Waals surface area contributed by atoms with Crippen molar-refractivity contribution in [1.29, 1.82) is 0 Å². The second-order valence-corrected chi connectivity index (χ2v) is 16.9. The summed E-state index contributed by atoms with van der Waals surface area (Å²) in [5.74, 6) is -6.74. The van der Waals surface area contributed by atoms with E-state index in [1.807, 2.05) is 0 Å². The SMILES string of the molecule is CNC(=O)[C@@H]1CCCN1C(=O)[C@@H]1CSSCCC(=O)N[C@@H](Cc2ccc(O)cc2)C(=O)N[C@@H](Cc2ccccc2)C(=O)N[C@@H](CCC(N)=O)C(=O)N[C@@H](CC(N)=O)C(=O)N1. The number of primary amides is 2. The number of nitrogens with zero attached hydrogens (tertiary/aromatic N) is 1. The van der Waals surface area contributed by atoms with E-state index in [-0.39, 0.29) is 49.5 Å². The van der Waals surface area contributed by atoms with Gasteiger partial charge in [-0.15, -0.1) is 0 Å². The molecule has 2 aromatic rings. The van der Waals surface area contributed by atoms with E-state index in [4.69, 9.17) is 11.5 Å². The minimum atomic E-state index is -1.65. The number of carbonyl (C=O) groups is 9. The Hall–Kier alpha value is -5.83. The zero-order chi connectivity index (χ0) is 43.8. The molecule has 0 unspecified atom stereocenters. The highest BCUT2D eigenvalue weighted by Gasteiger charge is 2.39. The standard InChI is InChI=1S/C39H51N9O10S2/c1-42-38(57)30-8-5-16-48(30)39(58)29-21-60-59-17-15-33(52)43-26(19-23-9-11-24(49)12-10-23)35(54)45-27(18-22-6-3-2-4-7-22)36(55)44-25(13-14-31(40)50)34(53)46-28(20-32(41)51)37(56)47-29/h2-4,6-7,9-12,25-30,49H,5,8,13-21H2,1H3,(H2,40,50)(H2,41,51)(H,42,57)(H,43,52)(H,44,55)(H,45,54)(H,46,53)(H,47,56)/t25-,26-,27-,28-,29-,30-/m0/s1. The van der Waals surface area contributed by atoms with Crippen LogP contribution in [-0.4, -0.2) is 125 Å². The lowest BCUT2D eigenvalue weighted by Gasteiger charge is -2.30. The number of likely N-dealkylation sites (tertiary alicyclic amines) is 1. The van der Waals surface area contributed by atoms with Crippen molar-refractivity contribution < 1.29 is 48.3 Å². The van der Waals surface area contributed by atoms with Crippen molar-refractivity contribution >= 4 is 74.8 Å². The summed E-state index contributed by atoms with van der Waals surface area (Å²) in [6.07, 6.45) is -0.722. The first-order valence-corrected chi connectivity index (χ1v) is 21.8. The molecule has 21 heteroatoms. The predicted octanol–water partition coefficient (Wildman–Crippen LogP) is -1.74. The van der Waals surface area contributed by atoms with Crippen molar-refractivity contribution in [3.63, 3.8) is 0 Å². The van der Waals surface area contributed by atoms with Gasteiger partial charge in [-0.1, -0.05) is 64.1 Å². The number of benzene rings is 2. The zero-order valence-corrected chi connectivity index (χ0v) is 34.6. The van der Waals surface area contributed by atoms with Gasteiger partial charge in [0.05, 0.1) is 6.42 Å². The van der Waals surface area contributed by atoms with Crippen molar-refractivity contribution in [3.05, 3.63) is 65.7 Å². The van der Waals surface area contributed by atoms with Crippen LogP contribution < -0.4 is 43.4 Å². The molecular formula is C39H51N9O10S2. The summed E-state index contributed by atoms with van der Waals surface area (Å²) in [4.78, 5) is 121. The maximum Gasteiger partial charge on any atom is 0.246 e. The molecule has 2 aromatic carbocycles. The monoisotopic (exact) mass is 869 g/mol. The fourth-order valence-corrected chi connectivity index (χ4v) is 8.76. The van der Waals surface area contributed by atoms with Crippen molar-refractivity contribution in [3.8, 4) is 5.75 Å². The molecule has 0 saturated carbocycles. The Kier molecular flexibility index (Phi) is 18.0. The van der Waals surface area contributed by atoms with E-state index in [9.17, 15) is 48.3 Å². The Labute approximate surface area is 354 Å². The van der Waals surface area contributed by atoms with Gasteiger partial charge >= 0.3 is 0 Å². The number of phenolic OH excluding ortho intramolecular Hbond substituents is 1. The third-order valence-electron chi connectivity index (χ3n) is 9.72. The summed E-state index contributed by atoms with van der Waals surface area (Å²) >= 11 is 0. The van der Waals surface area contributed by atoms with Gasteiger partial charge in [0.25, 0.3) is 0 Å². The Bertz CT molecular complexity index is 1890. The summed E-state index contributed by atoms with van der Waals surface area (Å²) in [5.41, 5.74) is 12.1. The molecule has 0 bridgehead atoms. The lowest BCUT2D eigenvalue weighted by atomic mass is 10.0. The number of carbonyl (C=O) groups excluding carboxylic acids is 9. The van der Waals surface area contributed by atoms with Crippen molar-refractivity contribution in [2.24, 2.45) is 11.5 Å². The molecule has 19 nitrogen and oxygen atoms in total. The molecule has 9 amide bonds. The largest absolute Gasteiger partial charge is 0.508 e. The molecule has 60 heavy (non-hydrogen) atoms. The van der Waals surface area contributed by atoms with Gasteiger partial charge in [0.2, 0.25) is 53.2 Å². The number of phenols is 1. The lowest BCUT2D eigenvalue weighted by molar-refractivity contribution is -0.141. The van der Waals surface area contributed by atoms with Crippen molar-refractivity contribution in [2.75, 3.05) is 25.1 Å². The third kappa shape index (κ3) is 14.5.